The number of hydrogen-bond donors (Lipinski definition) is 0. The monoisotopic (exact) mass is 401 g/mol. The van der Waals surface area contributed by atoms with Crippen molar-refractivity contribution < 1.29 is 14.5 Å². The van der Waals surface area contributed by atoms with Gasteiger partial charge in [0.15, 0.2) is 0 Å². The maximum atomic E-state index is 13.2. The molecule has 150 valence electrons. The van der Waals surface area contributed by atoms with Crippen LogP contribution in [0.3, 0.4) is 0 Å². The topological polar surface area (TPSA) is 85.0 Å². The zero-order chi connectivity index (χ0) is 21.1. The molecule has 0 spiro atoms. The van der Waals surface area contributed by atoms with Gasteiger partial charge in [-0.05, 0) is 47.5 Å². The number of ether oxygens (including phenoxy) is 1. The Balaban J connectivity index is 1.70. The molecule has 1 atom stereocenters. The molecule has 1 unspecified atom stereocenters. The quantitative estimate of drug-likeness (QED) is 0.462. The lowest BCUT2D eigenvalue weighted by molar-refractivity contribution is -0.384. The minimum absolute atomic E-state index is 0.00831. The first kappa shape index (κ1) is 19.3. The van der Waals surface area contributed by atoms with E-state index in [4.69, 9.17) is 4.74 Å². The van der Waals surface area contributed by atoms with Crippen molar-refractivity contribution in [1.82, 2.24) is 5.01 Å². The minimum Gasteiger partial charge on any atom is -0.497 e. The van der Waals surface area contributed by atoms with E-state index in [2.05, 4.69) is 5.10 Å². The third kappa shape index (κ3) is 3.77. The van der Waals surface area contributed by atoms with Crippen molar-refractivity contribution in [2.45, 2.75) is 12.5 Å². The molecular weight excluding hydrogens is 382 g/mol. The molecule has 4 rings (SSSR count). The van der Waals surface area contributed by atoms with Crippen LogP contribution in [0.2, 0.25) is 0 Å². The first-order chi connectivity index (χ1) is 14.6. The number of nitro groups is 1. The summed E-state index contributed by atoms with van der Waals surface area (Å²) >= 11 is 0. The highest BCUT2D eigenvalue weighted by Crippen LogP contribution is 2.35. The van der Waals surface area contributed by atoms with Crippen LogP contribution < -0.4 is 4.74 Å². The van der Waals surface area contributed by atoms with Gasteiger partial charge in [0, 0.05) is 24.1 Å². The summed E-state index contributed by atoms with van der Waals surface area (Å²) in [6.07, 6.45) is 0.503. The molecule has 0 bridgehead atoms. The molecule has 30 heavy (non-hydrogen) atoms. The van der Waals surface area contributed by atoms with Crippen molar-refractivity contribution in [3.63, 3.8) is 0 Å². The Morgan fingerprint density at radius 1 is 1.03 bits per heavy atom. The highest BCUT2D eigenvalue weighted by atomic mass is 16.6. The van der Waals surface area contributed by atoms with Crippen molar-refractivity contribution in [3.05, 3.63) is 106 Å². The highest BCUT2D eigenvalue weighted by molar-refractivity contribution is 6.05. The first-order valence-electron chi connectivity index (χ1n) is 9.41. The molecule has 1 heterocycles. The molecule has 1 aliphatic rings. The predicted molar refractivity (Wildman–Crippen MR) is 113 cm³/mol. The lowest BCUT2D eigenvalue weighted by atomic mass is 9.98. The average molecular weight is 401 g/mol. The van der Waals surface area contributed by atoms with E-state index in [-0.39, 0.29) is 17.6 Å². The Morgan fingerprint density at radius 3 is 2.30 bits per heavy atom. The fourth-order valence-corrected chi connectivity index (χ4v) is 3.45. The van der Waals surface area contributed by atoms with E-state index in [1.54, 1.807) is 43.5 Å². The number of carbonyl (C=O) groups excluding carboxylic acids is 1. The minimum atomic E-state index is -0.440. The van der Waals surface area contributed by atoms with Gasteiger partial charge in [0.2, 0.25) is 0 Å². The lowest BCUT2D eigenvalue weighted by Gasteiger charge is -2.22. The van der Waals surface area contributed by atoms with Crippen molar-refractivity contribution >= 4 is 17.3 Å². The summed E-state index contributed by atoms with van der Waals surface area (Å²) < 4.78 is 5.21. The zero-order valence-corrected chi connectivity index (χ0v) is 16.3. The number of nitrogens with zero attached hydrogens (tertiary/aromatic N) is 3. The van der Waals surface area contributed by atoms with Crippen LogP contribution in [-0.4, -0.2) is 28.7 Å². The fourth-order valence-electron chi connectivity index (χ4n) is 3.45. The van der Waals surface area contributed by atoms with Gasteiger partial charge in [-0.1, -0.05) is 30.3 Å². The summed E-state index contributed by atoms with van der Waals surface area (Å²) in [7, 11) is 1.60. The normalized spacial score (nSPS) is 15.6. The fraction of sp³-hybridized carbons (Fsp3) is 0.130. The van der Waals surface area contributed by atoms with Gasteiger partial charge in [-0.15, -0.1) is 0 Å². The number of carbonyl (C=O) groups is 1. The Bertz CT molecular complexity index is 1090. The Morgan fingerprint density at radius 2 is 1.70 bits per heavy atom. The molecule has 0 N–H and O–H groups in total. The molecule has 0 saturated carbocycles. The molecule has 0 aliphatic carbocycles. The third-order valence-electron chi connectivity index (χ3n) is 5.05. The SMILES string of the molecule is COc1ccc(C2=NN(C(=O)c3ccccc3)C(c3ccc([N+](=O)[O-])cc3)C2)cc1. The lowest BCUT2D eigenvalue weighted by Crippen LogP contribution is -2.27. The smallest absolute Gasteiger partial charge is 0.274 e. The van der Waals surface area contributed by atoms with Gasteiger partial charge in [0.1, 0.15) is 5.75 Å². The predicted octanol–water partition coefficient (Wildman–Crippen LogP) is 4.59. The van der Waals surface area contributed by atoms with Gasteiger partial charge >= 0.3 is 0 Å². The second-order valence-electron chi connectivity index (χ2n) is 6.86. The highest BCUT2D eigenvalue weighted by Gasteiger charge is 2.33. The van der Waals surface area contributed by atoms with Crippen molar-refractivity contribution in [2.75, 3.05) is 7.11 Å². The Hall–Kier alpha value is -4.00. The number of non-ortho nitro benzene ring substituents is 1. The molecule has 3 aromatic rings. The second-order valence-corrected chi connectivity index (χ2v) is 6.86. The third-order valence-corrected chi connectivity index (χ3v) is 5.05. The van der Waals surface area contributed by atoms with Gasteiger partial charge in [0.25, 0.3) is 11.6 Å². The molecule has 1 aliphatic heterocycles. The van der Waals surface area contributed by atoms with Crippen LogP contribution in [-0.2, 0) is 0 Å². The number of amides is 1. The summed E-state index contributed by atoms with van der Waals surface area (Å²) in [4.78, 5) is 23.7. The number of benzene rings is 3. The van der Waals surface area contributed by atoms with Crippen molar-refractivity contribution in [1.29, 1.82) is 0 Å². The number of hydrogen-bond acceptors (Lipinski definition) is 5. The summed E-state index contributed by atoms with van der Waals surface area (Å²) in [5.41, 5.74) is 2.99. The van der Waals surface area contributed by atoms with E-state index in [1.807, 2.05) is 30.3 Å². The summed E-state index contributed by atoms with van der Waals surface area (Å²) in [6.45, 7) is 0. The van der Waals surface area contributed by atoms with Crippen LogP contribution in [0.25, 0.3) is 0 Å². The van der Waals surface area contributed by atoms with E-state index in [9.17, 15) is 14.9 Å². The number of rotatable bonds is 5. The molecular formula is C23H19N3O4. The molecule has 1 amide bonds. The maximum Gasteiger partial charge on any atom is 0.274 e. The van der Waals surface area contributed by atoms with Crippen molar-refractivity contribution in [2.24, 2.45) is 5.10 Å². The molecule has 0 fully saturated rings. The Kier molecular flexibility index (Phi) is 5.26. The molecule has 0 radical (unpaired) electrons. The van der Waals surface area contributed by atoms with Crippen LogP contribution in [0.1, 0.15) is 33.9 Å². The summed E-state index contributed by atoms with van der Waals surface area (Å²) in [5.74, 6) is 0.518. The second kappa shape index (κ2) is 8.16. The largest absolute Gasteiger partial charge is 0.497 e. The number of methoxy groups -OCH3 is 1. The molecule has 0 saturated heterocycles. The average Bonchev–Trinajstić information content (AvgIpc) is 3.24. The van der Waals surface area contributed by atoms with Crippen LogP contribution in [0.4, 0.5) is 5.69 Å². The standard InChI is InChI=1S/C23H19N3O4/c1-30-20-13-9-16(10-14-20)21-15-22(17-7-11-19(12-8-17)26(28)29)25(24-21)23(27)18-5-3-2-4-6-18/h2-14,22H,15H2,1H3. The van der Waals surface area contributed by atoms with E-state index < -0.39 is 4.92 Å². The first-order valence-corrected chi connectivity index (χ1v) is 9.41. The van der Waals surface area contributed by atoms with Crippen molar-refractivity contribution in [3.8, 4) is 5.75 Å². The molecule has 7 heteroatoms. The zero-order valence-electron chi connectivity index (χ0n) is 16.3. The molecule has 7 nitrogen and oxygen atoms in total. The van der Waals surface area contributed by atoms with Crippen LogP contribution in [0.15, 0.2) is 84.0 Å². The molecule has 3 aromatic carbocycles. The van der Waals surface area contributed by atoms with E-state index in [1.165, 1.54) is 17.1 Å². The van der Waals surface area contributed by atoms with Crippen LogP contribution in [0.5, 0.6) is 5.75 Å². The number of nitro benzene ring substituents is 1. The van der Waals surface area contributed by atoms with Crippen LogP contribution >= 0.6 is 0 Å². The maximum absolute atomic E-state index is 13.2. The number of hydrazone groups is 1. The summed E-state index contributed by atoms with van der Waals surface area (Å²) in [5, 5.41) is 17.1. The van der Waals surface area contributed by atoms with E-state index >= 15 is 0 Å². The van der Waals surface area contributed by atoms with Gasteiger partial charge < -0.3 is 4.74 Å². The van der Waals surface area contributed by atoms with E-state index in [0.717, 1.165) is 22.6 Å². The van der Waals surface area contributed by atoms with Crippen LogP contribution in [0, 0.1) is 10.1 Å². The Labute approximate surface area is 173 Å². The molecule has 0 aromatic heterocycles. The summed E-state index contributed by atoms with van der Waals surface area (Å²) in [6, 6.07) is 22.4. The van der Waals surface area contributed by atoms with Gasteiger partial charge in [0.05, 0.1) is 23.8 Å². The van der Waals surface area contributed by atoms with E-state index in [0.29, 0.717) is 12.0 Å². The van der Waals surface area contributed by atoms with Gasteiger partial charge in [-0.25, -0.2) is 5.01 Å². The van der Waals surface area contributed by atoms with Gasteiger partial charge in [-0.2, -0.15) is 5.10 Å². The van der Waals surface area contributed by atoms with Gasteiger partial charge in [-0.3, -0.25) is 14.9 Å².